The molecule has 1 aliphatic heterocycles. The zero-order valence-electron chi connectivity index (χ0n) is 16.3. The van der Waals surface area contributed by atoms with Crippen molar-refractivity contribution >= 4 is 22.6 Å². The fourth-order valence-electron chi connectivity index (χ4n) is 4.67. The molecule has 5 rings (SSSR count). The first-order chi connectivity index (χ1) is 13.8. The van der Waals surface area contributed by atoms with Gasteiger partial charge in [0.05, 0.1) is 22.6 Å². The lowest BCUT2D eigenvalue weighted by Gasteiger charge is -2.39. The first-order valence-electron chi connectivity index (χ1n) is 9.97. The Morgan fingerprint density at radius 3 is 2.69 bits per heavy atom. The van der Waals surface area contributed by atoms with Crippen LogP contribution in [0.4, 0.5) is 4.39 Å². The minimum absolute atomic E-state index is 0.0894. The van der Waals surface area contributed by atoms with Crippen LogP contribution < -0.4 is 5.73 Å². The normalized spacial score (nSPS) is 20.7. The topological polar surface area (TPSA) is 103 Å². The molecule has 0 radical (unpaired) electrons. The highest BCUT2D eigenvalue weighted by Crippen LogP contribution is 2.47. The second kappa shape index (κ2) is 6.04. The average Bonchev–Trinajstić information content (AvgIpc) is 3.19. The van der Waals surface area contributed by atoms with E-state index in [1.807, 2.05) is 6.20 Å². The number of carbonyl (C=O) groups excluding carboxylic acids is 1. The van der Waals surface area contributed by atoms with Crippen LogP contribution in [0.3, 0.4) is 0 Å². The lowest BCUT2D eigenvalue weighted by molar-refractivity contribution is 0.100. The SMILES string of the molecule is CC1(c2c[nH]n3c2nc2cc(F)cc(C(N)=O)c23)CCN(CC2(C#N)CC2)CC1. The number of aromatic amines is 1. The number of nitrogens with one attached hydrogen (secondary N) is 1. The first kappa shape index (κ1) is 18.1. The smallest absolute Gasteiger partial charge is 0.251 e. The summed E-state index contributed by atoms with van der Waals surface area (Å²) in [6.45, 7) is 4.94. The number of amides is 1. The number of hydrogen-bond acceptors (Lipinski definition) is 4. The van der Waals surface area contributed by atoms with Crippen LogP contribution in [-0.4, -0.2) is 45.0 Å². The van der Waals surface area contributed by atoms with Gasteiger partial charge in [0.15, 0.2) is 5.65 Å². The molecule has 3 heterocycles. The summed E-state index contributed by atoms with van der Waals surface area (Å²) in [6, 6.07) is 4.96. The van der Waals surface area contributed by atoms with Crippen molar-refractivity contribution in [1.29, 1.82) is 5.26 Å². The van der Waals surface area contributed by atoms with Crippen LogP contribution in [0.5, 0.6) is 0 Å². The molecule has 8 heteroatoms. The van der Waals surface area contributed by atoms with Gasteiger partial charge in [-0.25, -0.2) is 13.9 Å². The number of aromatic nitrogens is 3. The second-order valence-corrected chi connectivity index (χ2v) is 8.87. The Kier molecular flexibility index (Phi) is 3.77. The number of nitrogens with zero attached hydrogens (tertiary/aromatic N) is 4. The van der Waals surface area contributed by atoms with Crippen molar-refractivity contribution < 1.29 is 9.18 Å². The van der Waals surface area contributed by atoms with E-state index in [2.05, 4.69) is 28.0 Å². The summed E-state index contributed by atoms with van der Waals surface area (Å²) >= 11 is 0. The summed E-state index contributed by atoms with van der Waals surface area (Å²) < 4.78 is 15.7. The number of fused-ring (bicyclic) bond motifs is 3. The largest absolute Gasteiger partial charge is 0.366 e. The molecule has 7 nitrogen and oxygen atoms in total. The van der Waals surface area contributed by atoms with Crippen LogP contribution in [0.25, 0.3) is 16.7 Å². The summed E-state index contributed by atoms with van der Waals surface area (Å²) in [5.74, 6) is -1.21. The molecule has 3 N–H and O–H groups in total. The third kappa shape index (κ3) is 2.80. The summed E-state index contributed by atoms with van der Waals surface area (Å²) in [5.41, 5.74) is 8.06. The van der Waals surface area contributed by atoms with E-state index in [1.165, 1.54) is 6.07 Å². The Morgan fingerprint density at radius 2 is 2.07 bits per heavy atom. The van der Waals surface area contributed by atoms with Gasteiger partial charge in [-0.15, -0.1) is 0 Å². The minimum Gasteiger partial charge on any atom is -0.366 e. The van der Waals surface area contributed by atoms with Crippen molar-refractivity contribution in [2.75, 3.05) is 19.6 Å². The molecular formula is C21H23FN6O. The Hall–Kier alpha value is -2.92. The monoisotopic (exact) mass is 394 g/mol. The van der Waals surface area contributed by atoms with Gasteiger partial charge < -0.3 is 10.6 Å². The van der Waals surface area contributed by atoms with E-state index >= 15 is 0 Å². The number of benzene rings is 1. The number of rotatable bonds is 4. The Labute approximate surface area is 167 Å². The summed E-state index contributed by atoms with van der Waals surface area (Å²) in [4.78, 5) is 18.9. The lowest BCUT2D eigenvalue weighted by Crippen LogP contribution is -2.43. The molecule has 0 atom stereocenters. The van der Waals surface area contributed by atoms with E-state index in [9.17, 15) is 14.4 Å². The third-order valence-electron chi connectivity index (χ3n) is 6.79. The van der Waals surface area contributed by atoms with Gasteiger partial charge in [0.1, 0.15) is 11.3 Å². The molecule has 1 amide bonds. The fraction of sp³-hybridized carbons (Fsp3) is 0.476. The Balaban J connectivity index is 1.49. The quantitative estimate of drug-likeness (QED) is 0.710. The molecule has 0 unspecified atom stereocenters. The van der Waals surface area contributed by atoms with Crippen molar-refractivity contribution in [1.82, 2.24) is 19.5 Å². The zero-order valence-corrected chi connectivity index (χ0v) is 16.3. The third-order valence-corrected chi connectivity index (χ3v) is 6.79. The lowest BCUT2D eigenvalue weighted by atomic mass is 9.75. The first-order valence-corrected chi connectivity index (χ1v) is 9.97. The molecule has 0 bridgehead atoms. The van der Waals surface area contributed by atoms with E-state index in [0.29, 0.717) is 16.7 Å². The number of carbonyl (C=O) groups is 1. The molecule has 1 aromatic carbocycles. The molecule has 1 saturated carbocycles. The van der Waals surface area contributed by atoms with Crippen LogP contribution in [-0.2, 0) is 5.41 Å². The van der Waals surface area contributed by atoms with Crippen molar-refractivity contribution in [3.8, 4) is 6.07 Å². The number of piperidine rings is 1. The number of nitrogens with two attached hydrogens (primary N) is 1. The van der Waals surface area contributed by atoms with Crippen LogP contribution in [0, 0.1) is 22.6 Å². The molecule has 2 fully saturated rings. The summed E-state index contributed by atoms with van der Waals surface area (Å²) in [6.07, 6.45) is 5.85. The maximum atomic E-state index is 13.9. The van der Waals surface area contributed by atoms with Gasteiger partial charge in [0, 0.05) is 29.8 Å². The van der Waals surface area contributed by atoms with Gasteiger partial charge in [0.2, 0.25) is 0 Å². The van der Waals surface area contributed by atoms with Crippen molar-refractivity contribution in [3.05, 3.63) is 35.3 Å². The van der Waals surface area contributed by atoms with E-state index in [4.69, 9.17) is 5.73 Å². The number of nitriles is 1. The summed E-state index contributed by atoms with van der Waals surface area (Å²) in [5, 5.41) is 12.5. The number of hydrogen-bond donors (Lipinski definition) is 2. The highest BCUT2D eigenvalue weighted by Gasteiger charge is 2.45. The fourth-order valence-corrected chi connectivity index (χ4v) is 4.67. The van der Waals surface area contributed by atoms with Gasteiger partial charge in [-0.2, -0.15) is 5.26 Å². The molecule has 3 aromatic rings. The predicted molar refractivity (Wildman–Crippen MR) is 106 cm³/mol. The number of halogens is 1. The standard InChI is InChI=1S/C21H23FN6O/c1-20(4-6-27(7-5-20)12-21(11-23)2-3-21)15-10-25-28-17-14(18(24)29)8-13(22)9-16(17)26-19(15)28/h8-10,25H,2-7,12H2,1H3,(H2,24,29). The number of likely N-dealkylation sites (tertiary alicyclic amines) is 1. The molecular weight excluding hydrogens is 371 g/mol. The number of primary amides is 1. The number of imidazole rings is 1. The molecule has 2 aliphatic rings. The molecule has 1 aliphatic carbocycles. The summed E-state index contributed by atoms with van der Waals surface area (Å²) in [7, 11) is 0. The van der Waals surface area contributed by atoms with Gasteiger partial charge in [-0.1, -0.05) is 6.92 Å². The molecule has 0 spiro atoms. The molecule has 150 valence electrons. The van der Waals surface area contributed by atoms with Crippen LogP contribution in [0.15, 0.2) is 18.3 Å². The van der Waals surface area contributed by atoms with Gasteiger partial charge in [-0.05, 0) is 44.8 Å². The highest BCUT2D eigenvalue weighted by molar-refractivity contribution is 6.05. The van der Waals surface area contributed by atoms with Gasteiger partial charge in [-0.3, -0.25) is 9.89 Å². The second-order valence-electron chi connectivity index (χ2n) is 8.87. The van der Waals surface area contributed by atoms with Crippen LogP contribution >= 0.6 is 0 Å². The van der Waals surface area contributed by atoms with E-state index in [-0.39, 0.29) is 16.4 Å². The highest BCUT2D eigenvalue weighted by atomic mass is 19.1. The van der Waals surface area contributed by atoms with Gasteiger partial charge in [0.25, 0.3) is 5.91 Å². The molecule has 1 saturated heterocycles. The van der Waals surface area contributed by atoms with Crippen molar-refractivity contribution in [2.24, 2.45) is 11.1 Å². The molecule has 2 aromatic heterocycles. The minimum atomic E-state index is -0.682. The van der Waals surface area contributed by atoms with Crippen molar-refractivity contribution in [3.63, 3.8) is 0 Å². The number of H-pyrrole nitrogens is 1. The maximum absolute atomic E-state index is 13.9. The predicted octanol–water partition coefficient (Wildman–Crippen LogP) is 2.71. The molecule has 29 heavy (non-hydrogen) atoms. The Bertz CT molecular complexity index is 1170. The average molecular weight is 394 g/mol. The zero-order chi connectivity index (χ0) is 20.4. The van der Waals surface area contributed by atoms with Gasteiger partial charge >= 0.3 is 0 Å². The van der Waals surface area contributed by atoms with Crippen molar-refractivity contribution in [2.45, 2.75) is 38.0 Å². The van der Waals surface area contributed by atoms with Crippen LogP contribution in [0.2, 0.25) is 0 Å². The Morgan fingerprint density at radius 1 is 1.34 bits per heavy atom. The van der Waals surface area contributed by atoms with Crippen LogP contribution in [0.1, 0.15) is 48.5 Å². The van der Waals surface area contributed by atoms with E-state index in [0.717, 1.165) is 56.9 Å². The van der Waals surface area contributed by atoms with E-state index < -0.39 is 11.7 Å². The maximum Gasteiger partial charge on any atom is 0.251 e. The van der Waals surface area contributed by atoms with E-state index in [1.54, 1.807) is 4.52 Å².